The fraction of sp³-hybridized carbons (Fsp3) is 0.167. The van der Waals surface area contributed by atoms with Crippen LogP contribution in [0.5, 0.6) is 0 Å². The van der Waals surface area contributed by atoms with Crippen molar-refractivity contribution in [3.05, 3.63) is 41.2 Å². The molecule has 0 bridgehead atoms. The van der Waals surface area contributed by atoms with Crippen molar-refractivity contribution in [3.63, 3.8) is 0 Å². The Balaban J connectivity index is 2.18. The molecular formula is C12H11NO4. The number of benzene rings is 1. The Morgan fingerprint density at radius 3 is 2.82 bits per heavy atom. The molecule has 5 heteroatoms. The van der Waals surface area contributed by atoms with Crippen LogP contribution in [0.1, 0.15) is 5.56 Å². The van der Waals surface area contributed by atoms with E-state index in [0.717, 1.165) is 5.56 Å². The first kappa shape index (κ1) is 11.2. The quantitative estimate of drug-likeness (QED) is 0.596. The van der Waals surface area contributed by atoms with Crippen molar-refractivity contribution in [3.8, 4) is 0 Å². The molecule has 2 rings (SSSR count). The number of nitrogens with one attached hydrogen (secondary N) is 1. The maximum atomic E-state index is 11.7. The van der Waals surface area contributed by atoms with E-state index in [-0.39, 0.29) is 17.9 Å². The molecule has 0 atom stereocenters. The molecule has 17 heavy (non-hydrogen) atoms. The number of aryl methyl sites for hydroxylation is 1. The van der Waals surface area contributed by atoms with E-state index in [0.29, 0.717) is 5.69 Å². The Morgan fingerprint density at radius 2 is 2.24 bits per heavy atom. The minimum Gasteiger partial charge on any atom is -0.508 e. The summed E-state index contributed by atoms with van der Waals surface area (Å²) >= 11 is 0. The van der Waals surface area contributed by atoms with Crippen molar-refractivity contribution in [2.24, 2.45) is 0 Å². The number of aliphatic hydroxyl groups excluding tert-OH is 1. The van der Waals surface area contributed by atoms with Crippen LogP contribution in [-0.4, -0.2) is 23.6 Å². The van der Waals surface area contributed by atoms with Gasteiger partial charge in [0.2, 0.25) is 0 Å². The Kier molecular flexibility index (Phi) is 2.82. The molecule has 1 aliphatic rings. The summed E-state index contributed by atoms with van der Waals surface area (Å²) in [6.45, 7) is 1.64. The Labute approximate surface area is 97.7 Å². The number of carbonyl (C=O) groups excluding carboxylic acids is 2. The zero-order valence-corrected chi connectivity index (χ0v) is 9.19. The van der Waals surface area contributed by atoms with Crippen LogP contribution < -0.4 is 5.32 Å². The SMILES string of the molecule is Cc1cccc(NC(=O)C2=C(O)COC2=O)c1. The highest BCUT2D eigenvalue weighted by atomic mass is 16.5. The molecule has 1 aromatic rings. The van der Waals surface area contributed by atoms with E-state index in [9.17, 15) is 14.7 Å². The summed E-state index contributed by atoms with van der Waals surface area (Å²) in [4.78, 5) is 22.9. The first-order valence-electron chi connectivity index (χ1n) is 5.05. The number of carbonyl (C=O) groups is 2. The Hall–Kier alpha value is -2.30. The average Bonchev–Trinajstić information content (AvgIpc) is 2.58. The van der Waals surface area contributed by atoms with Crippen LogP contribution in [0.4, 0.5) is 5.69 Å². The number of esters is 1. The van der Waals surface area contributed by atoms with Gasteiger partial charge in [-0.1, -0.05) is 12.1 Å². The maximum absolute atomic E-state index is 11.7. The van der Waals surface area contributed by atoms with Crippen molar-refractivity contribution < 1.29 is 19.4 Å². The number of hydrogen-bond donors (Lipinski definition) is 2. The van der Waals surface area contributed by atoms with Crippen molar-refractivity contribution in [2.45, 2.75) is 6.92 Å². The molecule has 0 spiro atoms. The van der Waals surface area contributed by atoms with Crippen LogP contribution in [0.2, 0.25) is 0 Å². The van der Waals surface area contributed by atoms with E-state index < -0.39 is 11.9 Å². The lowest BCUT2D eigenvalue weighted by Crippen LogP contribution is -2.19. The smallest absolute Gasteiger partial charge is 0.347 e. The van der Waals surface area contributed by atoms with Crippen molar-refractivity contribution >= 4 is 17.6 Å². The van der Waals surface area contributed by atoms with Crippen LogP contribution in [-0.2, 0) is 14.3 Å². The highest BCUT2D eigenvalue weighted by Crippen LogP contribution is 2.16. The molecular weight excluding hydrogens is 222 g/mol. The Morgan fingerprint density at radius 1 is 1.47 bits per heavy atom. The van der Waals surface area contributed by atoms with Gasteiger partial charge in [-0.15, -0.1) is 0 Å². The fourth-order valence-electron chi connectivity index (χ4n) is 1.54. The van der Waals surface area contributed by atoms with Crippen LogP contribution in [0.15, 0.2) is 35.6 Å². The average molecular weight is 233 g/mol. The summed E-state index contributed by atoms with van der Waals surface area (Å²) < 4.78 is 4.54. The number of cyclic esters (lactones) is 1. The molecule has 1 amide bonds. The zero-order valence-electron chi connectivity index (χ0n) is 9.19. The molecule has 0 aromatic heterocycles. The van der Waals surface area contributed by atoms with Gasteiger partial charge in [0.25, 0.3) is 5.91 Å². The normalized spacial score (nSPS) is 14.8. The van der Waals surface area contributed by atoms with Crippen molar-refractivity contribution in [2.75, 3.05) is 11.9 Å². The lowest BCUT2D eigenvalue weighted by molar-refractivity contribution is -0.137. The molecule has 0 radical (unpaired) electrons. The van der Waals surface area contributed by atoms with Gasteiger partial charge in [-0.05, 0) is 24.6 Å². The zero-order chi connectivity index (χ0) is 12.4. The standard InChI is InChI=1S/C12H11NO4/c1-7-3-2-4-8(5-7)13-11(15)10-9(14)6-17-12(10)16/h2-5,14H,6H2,1H3,(H,13,15). The van der Waals surface area contributed by atoms with E-state index in [2.05, 4.69) is 10.1 Å². The number of anilines is 1. The second kappa shape index (κ2) is 4.29. The second-order valence-corrected chi connectivity index (χ2v) is 3.72. The molecule has 0 aliphatic carbocycles. The summed E-state index contributed by atoms with van der Waals surface area (Å²) in [6, 6.07) is 7.13. The van der Waals surface area contributed by atoms with Crippen LogP contribution >= 0.6 is 0 Å². The van der Waals surface area contributed by atoms with Crippen LogP contribution in [0, 0.1) is 6.92 Å². The van der Waals surface area contributed by atoms with E-state index in [1.165, 1.54) is 0 Å². The molecule has 0 fully saturated rings. The fourth-order valence-corrected chi connectivity index (χ4v) is 1.54. The first-order valence-corrected chi connectivity index (χ1v) is 5.05. The summed E-state index contributed by atoms with van der Waals surface area (Å²) in [7, 11) is 0. The van der Waals surface area contributed by atoms with Gasteiger partial charge in [0.15, 0.2) is 11.3 Å². The summed E-state index contributed by atoms with van der Waals surface area (Å²) in [5.41, 5.74) is 1.22. The highest BCUT2D eigenvalue weighted by Gasteiger charge is 2.30. The minimum atomic E-state index is -0.798. The van der Waals surface area contributed by atoms with Crippen LogP contribution in [0.3, 0.4) is 0 Å². The summed E-state index contributed by atoms with van der Waals surface area (Å²) in [5, 5.41) is 11.9. The lowest BCUT2D eigenvalue weighted by Gasteiger charge is -2.05. The third-order valence-electron chi connectivity index (χ3n) is 2.34. The molecule has 0 saturated heterocycles. The molecule has 1 heterocycles. The second-order valence-electron chi connectivity index (χ2n) is 3.72. The van der Waals surface area contributed by atoms with Gasteiger partial charge in [0.05, 0.1) is 0 Å². The topological polar surface area (TPSA) is 75.6 Å². The van der Waals surface area contributed by atoms with Gasteiger partial charge in [0.1, 0.15) is 6.61 Å². The molecule has 1 aliphatic heterocycles. The van der Waals surface area contributed by atoms with E-state index in [4.69, 9.17) is 0 Å². The van der Waals surface area contributed by atoms with E-state index in [1.807, 2.05) is 13.0 Å². The summed E-state index contributed by atoms with van der Waals surface area (Å²) in [6.07, 6.45) is 0. The largest absolute Gasteiger partial charge is 0.508 e. The molecule has 88 valence electrons. The van der Waals surface area contributed by atoms with Crippen molar-refractivity contribution in [1.82, 2.24) is 0 Å². The number of rotatable bonds is 2. The maximum Gasteiger partial charge on any atom is 0.347 e. The number of hydrogen-bond acceptors (Lipinski definition) is 4. The molecule has 0 unspecified atom stereocenters. The predicted octanol–water partition coefficient (Wildman–Crippen LogP) is 1.30. The molecule has 0 saturated carbocycles. The lowest BCUT2D eigenvalue weighted by atomic mass is 10.2. The summed E-state index contributed by atoms with van der Waals surface area (Å²) in [5.74, 6) is -1.79. The van der Waals surface area contributed by atoms with Gasteiger partial charge < -0.3 is 15.2 Å². The van der Waals surface area contributed by atoms with Crippen LogP contribution in [0.25, 0.3) is 0 Å². The van der Waals surface area contributed by atoms with Gasteiger partial charge in [0, 0.05) is 5.69 Å². The third-order valence-corrected chi connectivity index (χ3v) is 2.34. The van der Waals surface area contributed by atoms with E-state index in [1.54, 1.807) is 18.2 Å². The Bertz CT molecular complexity index is 519. The van der Waals surface area contributed by atoms with Gasteiger partial charge in [-0.2, -0.15) is 0 Å². The number of aliphatic hydroxyl groups is 1. The molecule has 5 nitrogen and oxygen atoms in total. The third kappa shape index (κ3) is 2.28. The number of amides is 1. The predicted molar refractivity (Wildman–Crippen MR) is 60.4 cm³/mol. The minimum absolute atomic E-state index is 0.241. The van der Waals surface area contributed by atoms with Gasteiger partial charge in [-0.25, -0.2) is 4.79 Å². The monoisotopic (exact) mass is 233 g/mol. The molecule has 1 aromatic carbocycles. The van der Waals surface area contributed by atoms with Crippen molar-refractivity contribution in [1.29, 1.82) is 0 Å². The number of ether oxygens (including phenoxy) is 1. The van der Waals surface area contributed by atoms with Gasteiger partial charge >= 0.3 is 5.97 Å². The van der Waals surface area contributed by atoms with Gasteiger partial charge in [-0.3, -0.25) is 4.79 Å². The highest BCUT2D eigenvalue weighted by molar-refractivity contribution is 6.22. The molecule has 2 N–H and O–H groups in total. The first-order chi connectivity index (χ1) is 8.08. The van der Waals surface area contributed by atoms with E-state index >= 15 is 0 Å².